The van der Waals surface area contributed by atoms with E-state index >= 15 is 0 Å². The van der Waals surface area contributed by atoms with E-state index in [1.54, 1.807) is 28.8 Å². The summed E-state index contributed by atoms with van der Waals surface area (Å²) in [6, 6.07) is 10.9. The highest BCUT2D eigenvalue weighted by atomic mass is 35.5. The smallest absolute Gasteiger partial charge is 0.407 e. The Morgan fingerprint density at radius 3 is 2.49 bits per heavy atom. The van der Waals surface area contributed by atoms with Gasteiger partial charge < -0.3 is 24.5 Å². The summed E-state index contributed by atoms with van der Waals surface area (Å²) in [6.45, 7) is 10.5. The van der Waals surface area contributed by atoms with Crippen molar-refractivity contribution in [1.29, 1.82) is 0 Å². The number of aromatic nitrogens is 2. The van der Waals surface area contributed by atoms with Crippen LogP contribution in [0.4, 0.5) is 9.18 Å². The zero-order valence-corrected chi connectivity index (χ0v) is 24.7. The number of piperidine rings is 1. The van der Waals surface area contributed by atoms with Gasteiger partial charge >= 0.3 is 11.8 Å². The van der Waals surface area contributed by atoms with Gasteiger partial charge in [0.15, 0.2) is 0 Å². The molecule has 11 heteroatoms. The van der Waals surface area contributed by atoms with Crippen LogP contribution in [0.2, 0.25) is 30.7 Å². The average Bonchev–Trinajstić information content (AvgIpc) is 3.19. The zero-order chi connectivity index (χ0) is 28.4. The zero-order valence-electron chi connectivity index (χ0n) is 22.9. The number of nitrogens with zero attached hydrogens (tertiary/aromatic N) is 2. The van der Waals surface area contributed by atoms with Gasteiger partial charge in [-0.05, 0) is 55.6 Å². The largest absolute Gasteiger partial charge is 0.465 e. The van der Waals surface area contributed by atoms with Gasteiger partial charge in [0.25, 0.3) is 0 Å². The molecule has 0 bridgehead atoms. The fourth-order valence-corrected chi connectivity index (χ4v) is 6.03. The Morgan fingerprint density at radius 1 is 1.21 bits per heavy atom. The van der Waals surface area contributed by atoms with E-state index in [-0.39, 0.29) is 18.2 Å². The molecular formula is C28H37ClFN3O5Si. The van der Waals surface area contributed by atoms with Gasteiger partial charge in [-0.1, -0.05) is 43.4 Å². The number of ether oxygens (including phenoxy) is 2. The first-order valence-corrected chi connectivity index (χ1v) is 17.3. The van der Waals surface area contributed by atoms with Gasteiger partial charge in [0, 0.05) is 43.8 Å². The fraction of sp³-hybridized carbons (Fsp3) is 0.500. The Balaban J connectivity index is 1.56. The van der Waals surface area contributed by atoms with Crippen molar-refractivity contribution in [3.63, 3.8) is 0 Å². The van der Waals surface area contributed by atoms with Crippen LogP contribution >= 0.6 is 11.6 Å². The number of rotatable bonds is 10. The fourth-order valence-electron chi connectivity index (χ4n) is 5.05. The predicted octanol–water partition coefficient (Wildman–Crippen LogP) is 6.22. The molecule has 2 heterocycles. The lowest BCUT2D eigenvalue weighted by Crippen LogP contribution is -2.47. The minimum absolute atomic E-state index is 0.131. The Hall–Kier alpha value is -2.66. The SMILES string of the molecule is CC(OCC1(c2ccc(F)cc2)CCN(C(=O)O)CC1)c1cc(Cl)cc2c1[nH]c(=O)n2COCC[Si](C)(C)C. The number of carboxylic acid groups (broad SMARTS) is 1. The number of benzene rings is 2. The predicted molar refractivity (Wildman–Crippen MR) is 153 cm³/mol. The second-order valence-corrected chi connectivity index (χ2v) is 17.7. The van der Waals surface area contributed by atoms with Crippen LogP contribution in [0.15, 0.2) is 41.2 Å². The van der Waals surface area contributed by atoms with Crippen molar-refractivity contribution in [2.24, 2.45) is 0 Å². The topological polar surface area (TPSA) is 96.8 Å². The number of likely N-dealkylation sites (tertiary alicyclic amines) is 1. The maximum Gasteiger partial charge on any atom is 0.407 e. The minimum Gasteiger partial charge on any atom is -0.465 e. The Morgan fingerprint density at radius 2 is 1.87 bits per heavy atom. The van der Waals surface area contributed by atoms with Gasteiger partial charge in [-0.2, -0.15) is 0 Å². The highest BCUT2D eigenvalue weighted by Gasteiger charge is 2.38. The van der Waals surface area contributed by atoms with Gasteiger partial charge in [-0.15, -0.1) is 0 Å². The highest BCUT2D eigenvalue weighted by Crippen LogP contribution is 2.38. The summed E-state index contributed by atoms with van der Waals surface area (Å²) in [5.74, 6) is -0.328. The standard InChI is InChI=1S/C28H37ClFN3O5Si/c1-19(38-17-28(20-5-7-22(30)8-6-20)9-11-32(12-10-28)27(35)36)23-15-21(29)16-24-25(23)31-26(34)33(24)18-37-13-14-39(2,3)4/h5-8,15-16,19H,9-14,17-18H2,1-4H3,(H,31,34)(H,35,36). The van der Waals surface area contributed by atoms with E-state index in [0.717, 1.165) is 17.2 Å². The van der Waals surface area contributed by atoms with Crippen LogP contribution in [-0.4, -0.2) is 60.0 Å². The Kier molecular flexibility index (Phi) is 8.90. The van der Waals surface area contributed by atoms with Crippen LogP contribution in [0.3, 0.4) is 0 Å². The van der Waals surface area contributed by atoms with Gasteiger partial charge in [0.1, 0.15) is 12.5 Å². The Bertz CT molecular complexity index is 1360. The molecule has 1 aromatic heterocycles. The number of halogens is 2. The van der Waals surface area contributed by atoms with Crippen LogP contribution in [-0.2, 0) is 21.6 Å². The molecule has 1 unspecified atom stereocenters. The van der Waals surface area contributed by atoms with E-state index in [0.29, 0.717) is 55.2 Å². The molecule has 0 aliphatic carbocycles. The summed E-state index contributed by atoms with van der Waals surface area (Å²) >= 11 is 6.49. The van der Waals surface area contributed by atoms with Gasteiger partial charge in [-0.3, -0.25) is 4.57 Å². The lowest BCUT2D eigenvalue weighted by atomic mass is 9.73. The quantitative estimate of drug-likeness (QED) is 0.220. The van der Waals surface area contributed by atoms with Crippen molar-refractivity contribution in [3.8, 4) is 0 Å². The lowest BCUT2D eigenvalue weighted by molar-refractivity contribution is 0.00557. The van der Waals surface area contributed by atoms with Crippen LogP contribution in [0.1, 0.15) is 37.0 Å². The normalized spacial score (nSPS) is 16.5. The third kappa shape index (κ3) is 6.92. The van der Waals surface area contributed by atoms with E-state index in [4.69, 9.17) is 21.1 Å². The van der Waals surface area contributed by atoms with Crippen molar-refractivity contribution in [3.05, 3.63) is 68.8 Å². The van der Waals surface area contributed by atoms with E-state index in [9.17, 15) is 19.1 Å². The monoisotopic (exact) mass is 577 g/mol. The summed E-state index contributed by atoms with van der Waals surface area (Å²) in [6.07, 6.45) is -0.286. The molecule has 1 atom stereocenters. The molecule has 1 saturated heterocycles. The molecule has 1 aliphatic rings. The van der Waals surface area contributed by atoms with E-state index in [2.05, 4.69) is 24.6 Å². The summed E-state index contributed by atoms with van der Waals surface area (Å²) in [4.78, 5) is 28.7. The third-order valence-corrected chi connectivity index (χ3v) is 9.52. The lowest BCUT2D eigenvalue weighted by Gasteiger charge is -2.41. The molecule has 4 rings (SSSR count). The Labute approximate surface area is 233 Å². The van der Waals surface area contributed by atoms with Crippen LogP contribution in [0, 0.1) is 5.82 Å². The summed E-state index contributed by atoms with van der Waals surface area (Å²) in [5.41, 5.74) is 2.18. The molecular weight excluding hydrogens is 541 g/mol. The number of imidazole rings is 1. The van der Waals surface area contributed by atoms with E-state index < -0.39 is 25.7 Å². The molecule has 1 amide bonds. The van der Waals surface area contributed by atoms with Crippen molar-refractivity contribution >= 4 is 36.8 Å². The molecule has 3 aromatic rings. The van der Waals surface area contributed by atoms with E-state index in [1.807, 2.05) is 6.92 Å². The van der Waals surface area contributed by atoms with Crippen molar-refractivity contribution in [2.45, 2.75) is 63.7 Å². The van der Waals surface area contributed by atoms with Crippen LogP contribution < -0.4 is 5.69 Å². The molecule has 0 spiro atoms. The second-order valence-electron chi connectivity index (χ2n) is 11.6. The molecule has 212 valence electrons. The first kappa shape index (κ1) is 29.3. The maximum atomic E-state index is 13.7. The number of hydrogen-bond donors (Lipinski definition) is 2. The summed E-state index contributed by atoms with van der Waals surface area (Å²) in [7, 11) is -1.25. The maximum absolute atomic E-state index is 13.7. The number of hydrogen-bond acceptors (Lipinski definition) is 4. The first-order chi connectivity index (χ1) is 18.4. The summed E-state index contributed by atoms with van der Waals surface area (Å²) < 4.78 is 27.5. The number of amides is 1. The molecule has 2 N–H and O–H groups in total. The minimum atomic E-state index is -1.25. The molecule has 8 nitrogen and oxygen atoms in total. The van der Waals surface area contributed by atoms with Gasteiger partial charge in [-0.25, -0.2) is 14.0 Å². The third-order valence-electron chi connectivity index (χ3n) is 7.59. The molecule has 1 fully saturated rings. The van der Waals surface area contributed by atoms with Gasteiger partial charge in [0.2, 0.25) is 0 Å². The van der Waals surface area contributed by atoms with Gasteiger partial charge in [0.05, 0.1) is 23.7 Å². The molecule has 39 heavy (non-hydrogen) atoms. The van der Waals surface area contributed by atoms with Crippen LogP contribution in [0.5, 0.6) is 0 Å². The van der Waals surface area contributed by atoms with Crippen molar-refractivity contribution in [2.75, 3.05) is 26.3 Å². The molecule has 1 aliphatic heterocycles. The number of H-pyrrole nitrogens is 1. The first-order valence-electron chi connectivity index (χ1n) is 13.2. The molecule has 2 aromatic carbocycles. The highest BCUT2D eigenvalue weighted by molar-refractivity contribution is 6.76. The van der Waals surface area contributed by atoms with E-state index in [1.165, 1.54) is 17.0 Å². The van der Waals surface area contributed by atoms with Crippen molar-refractivity contribution < 1.29 is 23.8 Å². The summed E-state index contributed by atoms with van der Waals surface area (Å²) in [5, 5.41) is 9.91. The number of nitrogens with one attached hydrogen (secondary N) is 1. The second kappa shape index (κ2) is 11.8. The number of aromatic amines is 1. The average molecular weight is 578 g/mol. The number of carbonyl (C=O) groups is 1. The van der Waals surface area contributed by atoms with Crippen molar-refractivity contribution in [1.82, 2.24) is 14.5 Å². The number of fused-ring (bicyclic) bond motifs is 1. The van der Waals surface area contributed by atoms with Crippen LogP contribution in [0.25, 0.3) is 11.0 Å². The molecule has 0 saturated carbocycles. The molecule has 0 radical (unpaired) electrons.